The van der Waals surface area contributed by atoms with Crippen LogP contribution in [0.5, 0.6) is 0 Å². The molecule has 2 heterocycles. The maximum absolute atomic E-state index is 5.84. The zero-order valence-corrected chi connectivity index (χ0v) is 10.6. The first-order valence-corrected chi connectivity index (χ1v) is 6.77. The molecular weight excluding hydrogens is 220 g/mol. The molecule has 2 unspecified atom stereocenters. The third kappa shape index (κ3) is 3.28. The molecule has 0 aromatic carbocycles. The first kappa shape index (κ1) is 12.0. The molecule has 1 aromatic heterocycles. The SMILES string of the molecule is CN(Cc1ccsc1)CC1CCC(CN)O1. The maximum Gasteiger partial charge on any atom is 0.0707 e. The molecule has 2 rings (SSSR count). The summed E-state index contributed by atoms with van der Waals surface area (Å²) in [5, 5.41) is 4.33. The highest BCUT2D eigenvalue weighted by Crippen LogP contribution is 2.20. The second-order valence-electron chi connectivity index (χ2n) is 4.52. The summed E-state index contributed by atoms with van der Waals surface area (Å²) in [5.41, 5.74) is 6.99. The molecule has 1 saturated heterocycles. The lowest BCUT2D eigenvalue weighted by Gasteiger charge is -2.20. The fourth-order valence-corrected chi connectivity index (χ4v) is 2.85. The fraction of sp³-hybridized carbons (Fsp3) is 0.667. The van der Waals surface area contributed by atoms with Crippen molar-refractivity contribution in [2.45, 2.75) is 31.6 Å². The first-order chi connectivity index (χ1) is 7.78. The van der Waals surface area contributed by atoms with Crippen LogP contribution in [0.15, 0.2) is 16.8 Å². The van der Waals surface area contributed by atoms with E-state index in [-0.39, 0.29) is 0 Å². The van der Waals surface area contributed by atoms with E-state index in [2.05, 4.69) is 28.8 Å². The lowest BCUT2D eigenvalue weighted by molar-refractivity contribution is 0.0306. The van der Waals surface area contributed by atoms with Crippen molar-refractivity contribution in [2.75, 3.05) is 20.1 Å². The van der Waals surface area contributed by atoms with Crippen molar-refractivity contribution in [3.63, 3.8) is 0 Å². The van der Waals surface area contributed by atoms with Gasteiger partial charge in [0, 0.05) is 19.6 Å². The Hall–Kier alpha value is -0.420. The van der Waals surface area contributed by atoms with Gasteiger partial charge in [-0.2, -0.15) is 11.3 Å². The molecule has 16 heavy (non-hydrogen) atoms. The smallest absolute Gasteiger partial charge is 0.0707 e. The normalized spacial score (nSPS) is 25.4. The Morgan fingerprint density at radius 2 is 2.31 bits per heavy atom. The van der Waals surface area contributed by atoms with Crippen LogP contribution in [0.4, 0.5) is 0 Å². The van der Waals surface area contributed by atoms with Gasteiger partial charge in [0.05, 0.1) is 12.2 Å². The van der Waals surface area contributed by atoms with Crippen LogP contribution >= 0.6 is 11.3 Å². The van der Waals surface area contributed by atoms with Gasteiger partial charge in [0.25, 0.3) is 0 Å². The van der Waals surface area contributed by atoms with Gasteiger partial charge in [-0.05, 0) is 42.3 Å². The summed E-state index contributed by atoms with van der Waals surface area (Å²) < 4.78 is 5.84. The monoisotopic (exact) mass is 240 g/mol. The summed E-state index contributed by atoms with van der Waals surface area (Å²) in [7, 11) is 2.15. The molecule has 4 heteroatoms. The highest BCUT2D eigenvalue weighted by Gasteiger charge is 2.24. The standard InChI is InChI=1S/C12H20N2OS/c1-14(7-10-4-5-16-9-10)8-12-3-2-11(6-13)15-12/h4-5,9,11-12H,2-3,6-8,13H2,1H3. The number of hydrogen-bond donors (Lipinski definition) is 1. The molecule has 90 valence electrons. The van der Waals surface area contributed by atoms with Gasteiger partial charge in [0.15, 0.2) is 0 Å². The van der Waals surface area contributed by atoms with E-state index < -0.39 is 0 Å². The predicted octanol–water partition coefficient (Wildman–Crippen LogP) is 1.69. The van der Waals surface area contributed by atoms with Crippen molar-refractivity contribution in [3.05, 3.63) is 22.4 Å². The van der Waals surface area contributed by atoms with Crippen LogP contribution in [0.25, 0.3) is 0 Å². The van der Waals surface area contributed by atoms with E-state index in [9.17, 15) is 0 Å². The summed E-state index contributed by atoms with van der Waals surface area (Å²) in [5.74, 6) is 0. The fourth-order valence-electron chi connectivity index (χ4n) is 2.19. The van der Waals surface area contributed by atoms with Crippen molar-refractivity contribution >= 4 is 11.3 Å². The van der Waals surface area contributed by atoms with E-state index >= 15 is 0 Å². The summed E-state index contributed by atoms with van der Waals surface area (Å²) in [6.45, 7) is 2.67. The van der Waals surface area contributed by atoms with Crippen LogP contribution in [0.2, 0.25) is 0 Å². The Labute approximate surface area is 101 Å². The quantitative estimate of drug-likeness (QED) is 0.851. The second kappa shape index (κ2) is 5.77. The van der Waals surface area contributed by atoms with E-state index in [4.69, 9.17) is 10.5 Å². The minimum atomic E-state index is 0.291. The zero-order valence-electron chi connectivity index (χ0n) is 9.76. The van der Waals surface area contributed by atoms with Crippen LogP contribution < -0.4 is 5.73 Å². The average molecular weight is 240 g/mol. The molecule has 3 nitrogen and oxygen atoms in total. The molecule has 1 fully saturated rings. The number of hydrogen-bond acceptors (Lipinski definition) is 4. The van der Waals surface area contributed by atoms with E-state index in [0.717, 1.165) is 25.9 Å². The molecule has 0 aliphatic carbocycles. The van der Waals surface area contributed by atoms with E-state index in [0.29, 0.717) is 18.8 Å². The van der Waals surface area contributed by atoms with Gasteiger partial charge < -0.3 is 10.5 Å². The molecule has 2 N–H and O–H groups in total. The molecule has 0 amide bonds. The van der Waals surface area contributed by atoms with Crippen LogP contribution in [0.3, 0.4) is 0 Å². The maximum atomic E-state index is 5.84. The van der Waals surface area contributed by atoms with Gasteiger partial charge in [-0.15, -0.1) is 0 Å². The molecule has 1 aliphatic rings. The van der Waals surface area contributed by atoms with Gasteiger partial charge in [-0.3, -0.25) is 4.90 Å². The molecular formula is C12H20N2OS. The number of thiophene rings is 1. The lowest BCUT2D eigenvalue weighted by atomic mass is 10.2. The third-order valence-corrected chi connectivity index (χ3v) is 3.74. The topological polar surface area (TPSA) is 38.5 Å². The molecule has 0 bridgehead atoms. The Morgan fingerprint density at radius 3 is 2.94 bits per heavy atom. The van der Waals surface area contributed by atoms with Crippen molar-refractivity contribution in [1.82, 2.24) is 4.90 Å². The molecule has 1 aromatic rings. The van der Waals surface area contributed by atoms with Crippen LogP contribution in [-0.4, -0.2) is 37.2 Å². The van der Waals surface area contributed by atoms with Gasteiger partial charge in [0.1, 0.15) is 0 Å². The highest BCUT2D eigenvalue weighted by atomic mass is 32.1. The molecule has 0 radical (unpaired) electrons. The van der Waals surface area contributed by atoms with Gasteiger partial charge in [-0.25, -0.2) is 0 Å². The van der Waals surface area contributed by atoms with Crippen molar-refractivity contribution in [2.24, 2.45) is 5.73 Å². The van der Waals surface area contributed by atoms with Crippen molar-refractivity contribution < 1.29 is 4.74 Å². The lowest BCUT2D eigenvalue weighted by Crippen LogP contribution is -2.30. The Bertz CT molecular complexity index is 302. The largest absolute Gasteiger partial charge is 0.372 e. The first-order valence-electron chi connectivity index (χ1n) is 5.83. The van der Waals surface area contributed by atoms with Crippen LogP contribution in [0, 0.1) is 0 Å². The average Bonchev–Trinajstić information content (AvgIpc) is 2.89. The van der Waals surface area contributed by atoms with E-state index in [1.807, 2.05) is 0 Å². The molecule has 0 saturated carbocycles. The van der Waals surface area contributed by atoms with Gasteiger partial charge >= 0.3 is 0 Å². The second-order valence-corrected chi connectivity index (χ2v) is 5.30. The van der Waals surface area contributed by atoms with Gasteiger partial charge in [-0.1, -0.05) is 0 Å². The summed E-state index contributed by atoms with van der Waals surface area (Å²) in [4.78, 5) is 2.33. The summed E-state index contributed by atoms with van der Waals surface area (Å²) >= 11 is 1.75. The van der Waals surface area contributed by atoms with E-state index in [1.165, 1.54) is 5.56 Å². The van der Waals surface area contributed by atoms with Crippen molar-refractivity contribution in [1.29, 1.82) is 0 Å². The molecule has 1 aliphatic heterocycles. The van der Waals surface area contributed by atoms with Crippen molar-refractivity contribution in [3.8, 4) is 0 Å². The van der Waals surface area contributed by atoms with E-state index in [1.54, 1.807) is 11.3 Å². The zero-order chi connectivity index (χ0) is 11.4. The minimum absolute atomic E-state index is 0.291. The highest BCUT2D eigenvalue weighted by molar-refractivity contribution is 7.07. The van der Waals surface area contributed by atoms with Crippen LogP contribution in [0.1, 0.15) is 18.4 Å². The predicted molar refractivity (Wildman–Crippen MR) is 67.6 cm³/mol. The minimum Gasteiger partial charge on any atom is -0.372 e. The number of nitrogens with two attached hydrogens (primary N) is 1. The number of ether oxygens (including phenoxy) is 1. The third-order valence-electron chi connectivity index (χ3n) is 3.01. The number of rotatable bonds is 5. The molecule has 0 spiro atoms. The number of nitrogens with zero attached hydrogens (tertiary/aromatic N) is 1. The Kier molecular flexibility index (Phi) is 4.35. The Morgan fingerprint density at radius 1 is 1.50 bits per heavy atom. The number of likely N-dealkylation sites (N-methyl/N-ethyl adjacent to an activating group) is 1. The van der Waals surface area contributed by atoms with Gasteiger partial charge in [0.2, 0.25) is 0 Å². The molecule has 2 atom stereocenters. The summed E-state index contributed by atoms with van der Waals surface area (Å²) in [6.07, 6.45) is 2.93. The van der Waals surface area contributed by atoms with Crippen LogP contribution in [-0.2, 0) is 11.3 Å². The Balaban J connectivity index is 1.73. The summed E-state index contributed by atoms with van der Waals surface area (Å²) in [6, 6.07) is 2.18.